The Morgan fingerprint density at radius 2 is 2.00 bits per heavy atom. The van der Waals surface area contributed by atoms with Gasteiger partial charge in [-0.05, 0) is 62.7 Å². The first-order chi connectivity index (χ1) is 8.88. The molecule has 0 aliphatic rings. The maximum Gasteiger partial charge on any atom is 0.261 e. The lowest BCUT2D eigenvalue weighted by atomic mass is 10.1. The lowest BCUT2D eigenvalue weighted by Gasteiger charge is -2.11. The van der Waals surface area contributed by atoms with Crippen molar-refractivity contribution in [3.8, 4) is 0 Å². The number of hydrogen-bond acceptors (Lipinski definition) is 4. The Bertz CT molecular complexity index is 588. The van der Waals surface area contributed by atoms with Crippen LogP contribution in [0.4, 0.5) is 4.39 Å². The van der Waals surface area contributed by atoms with Crippen molar-refractivity contribution >= 4 is 11.8 Å². The minimum Gasteiger partial charge on any atom is -0.436 e. The van der Waals surface area contributed by atoms with Crippen LogP contribution in [0, 0.1) is 26.6 Å². The minimum atomic E-state index is -0.741. The first kappa shape index (κ1) is 14.1. The van der Waals surface area contributed by atoms with Gasteiger partial charge in [0.15, 0.2) is 0 Å². The first-order valence-electron chi connectivity index (χ1n) is 5.98. The molecule has 1 atom stereocenters. The molecule has 0 aliphatic heterocycles. The summed E-state index contributed by atoms with van der Waals surface area (Å²) in [5.41, 5.74) is 1.91. The molecule has 0 saturated carbocycles. The van der Waals surface area contributed by atoms with Gasteiger partial charge < -0.3 is 9.52 Å². The molecule has 0 radical (unpaired) electrons. The Kier molecular flexibility index (Phi) is 3.96. The van der Waals surface area contributed by atoms with Gasteiger partial charge in [0.2, 0.25) is 0 Å². The average molecular weight is 281 g/mol. The van der Waals surface area contributed by atoms with Crippen LogP contribution in [0.1, 0.15) is 35.6 Å². The second kappa shape index (κ2) is 5.35. The number of aliphatic hydroxyl groups excluding tert-OH is 1. The molecule has 0 bridgehead atoms. The summed E-state index contributed by atoms with van der Waals surface area (Å²) < 4.78 is 19.1. The van der Waals surface area contributed by atoms with Gasteiger partial charge in [-0.3, -0.25) is 0 Å². The summed E-state index contributed by atoms with van der Waals surface area (Å²) in [6.45, 7) is 7.02. The highest BCUT2D eigenvalue weighted by Crippen LogP contribution is 2.35. The minimum absolute atomic E-state index is 0.319. The fourth-order valence-electron chi connectivity index (χ4n) is 1.67. The van der Waals surface area contributed by atoms with E-state index in [2.05, 4.69) is 4.98 Å². The molecule has 0 aliphatic carbocycles. The van der Waals surface area contributed by atoms with E-state index in [0.717, 1.165) is 16.3 Å². The first-order valence-corrected chi connectivity index (χ1v) is 6.80. The van der Waals surface area contributed by atoms with Crippen molar-refractivity contribution in [2.24, 2.45) is 0 Å². The highest BCUT2D eigenvalue weighted by atomic mass is 32.2. The summed E-state index contributed by atoms with van der Waals surface area (Å²) in [4.78, 5) is 5.04. The zero-order valence-corrected chi connectivity index (χ0v) is 12.1. The van der Waals surface area contributed by atoms with E-state index in [0.29, 0.717) is 16.3 Å². The summed E-state index contributed by atoms with van der Waals surface area (Å²) in [6.07, 6.45) is -0.741. The second-order valence-corrected chi connectivity index (χ2v) is 5.53. The van der Waals surface area contributed by atoms with Gasteiger partial charge in [-0.2, -0.15) is 0 Å². The molecule has 2 rings (SSSR count). The Balaban J connectivity index is 2.41. The Morgan fingerprint density at radius 3 is 2.53 bits per heavy atom. The smallest absolute Gasteiger partial charge is 0.261 e. The van der Waals surface area contributed by atoms with Gasteiger partial charge in [0.1, 0.15) is 11.6 Å². The van der Waals surface area contributed by atoms with Crippen LogP contribution in [-0.4, -0.2) is 10.1 Å². The topological polar surface area (TPSA) is 46.3 Å². The number of aryl methyl sites for hydroxylation is 3. The highest BCUT2D eigenvalue weighted by Gasteiger charge is 2.15. The SMILES string of the molecule is Cc1cc(Sc2nc(C)c(C)o2)c([C@@H](C)O)cc1F. The van der Waals surface area contributed by atoms with Gasteiger partial charge in [0.05, 0.1) is 11.8 Å². The van der Waals surface area contributed by atoms with E-state index >= 15 is 0 Å². The van der Waals surface area contributed by atoms with Crippen LogP contribution >= 0.6 is 11.8 Å². The number of benzene rings is 1. The molecule has 1 aromatic heterocycles. The van der Waals surface area contributed by atoms with Gasteiger partial charge in [0, 0.05) is 4.90 Å². The molecule has 19 heavy (non-hydrogen) atoms. The molecule has 3 nitrogen and oxygen atoms in total. The molecule has 1 N–H and O–H groups in total. The third kappa shape index (κ3) is 2.98. The van der Waals surface area contributed by atoms with Gasteiger partial charge in [-0.15, -0.1) is 0 Å². The molecule has 0 saturated heterocycles. The molecule has 0 fully saturated rings. The summed E-state index contributed by atoms with van der Waals surface area (Å²) in [7, 11) is 0. The van der Waals surface area contributed by atoms with E-state index in [1.54, 1.807) is 19.9 Å². The van der Waals surface area contributed by atoms with E-state index in [1.807, 2.05) is 13.8 Å². The van der Waals surface area contributed by atoms with E-state index in [9.17, 15) is 9.50 Å². The molecule has 2 aromatic rings. The number of rotatable bonds is 3. The van der Waals surface area contributed by atoms with Crippen molar-refractivity contribution in [1.82, 2.24) is 4.98 Å². The maximum absolute atomic E-state index is 13.6. The normalized spacial score (nSPS) is 12.7. The third-order valence-corrected chi connectivity index (χ3v) is 3.87. The molecule has 5 heteroatoms. The molecule has 1 aromatic carbocycles. The Labute approximate surface area is 115 Å². The average Bonchev–Trinajstić information content (AvgIpc) is 2.62. The molecule has 0 unspecified atom stereocenters. The fourth-order valence-corrected chi connectivity index (χ4v) is 2.79. The number of hydrogen-bond donors (Lipinski definition) is 1. The molecule has 0 spiro atoms. The van der Waals surface area contributed by atoms with E-state index in [-0.39, 0.29) is 5.82 Å². The van der Waals surface area contributed by atoms with E-state index < -0.39 is 6.10 Å². The zero-order chi connectivity index (χ0) is 14.2. The number of halogens is 1. The molecule has 0 amide bonds. The van der Waals surface area contributed by atoms with Crippen molar-refractivity contribution in [2.75, 3.05) is 0 Å². The largest absolute Gasteiger partial charge is 0.436 e. The summed E-state index contributed by atoms with van der Waals surface area (Å²) in [5, 5.41) is 10.2. The van der Waals surface area contributed by atoms with Crippen molar-refractivity contribution in [3.63, 3.8) is 0 Å². The molecule has 1 heterocycles. The van der Waals surface area contributed by atoms with E-state index in [4.69, 9.17) is 4.42 Å². The van der Waals surface area contributed by atoms with Crippen LogP contribution in [0.25, 0.3) is 0 Å². The van der Waals surface area contributed by atoms with Crippen LogP contribution in [-0.2, 0) is 0 Å². The number of nitrogens with zero attached hydrogens (tertiary/aromatic N) is 1. The van der Waals surface area contributed by atoms with Crippen LogP contribution in [0.2, 0.25) is 0 Å². The van der Waals surface area contributed by atoms with Crippen LogP contribution < -0.4 is 0 Å². The second-order valence-electron chi connectivity index (χ2n) is 4.54. The molecular weight excluding hydrogens is 265 g/mol. The predicted octanol–water partition coefficient (Wildman–Crippen LogP) is 3.94. The lowest BCUT2D eigenvalue weighted by molar-refractivity contribution is 0.195. The third-order valence-electron chi connectivity index (χ3n) is 2.95. The van der Waals surface area contributed by atoms with Crippen molar-refractivity contribution in [3.05, 3.63) is 40.5 Å². The van der Waals surface area contributed by atoms with Crippen molar-refractivity contribution in [2.45, 2.75) is 43.9 Å². The number of aromatic nitrogens is 1. The van der Waals surface area contributed by atoms with Crippen molar-refractivity contribution in [1.29, 1.82) is 0 Å². The van der Waals surface area contributed by atoms with Crippen molar-refractivity contribution < 1.29 is 13.9 Å². The van der Waals surface area contributed by atoms with Crippen LogP contribution in [0.5, 0.6) is 0 Å². The summed E-state index contributed by atoms with van der Waals surface area (Å²) in [5.74, 6) is 0.444. The molecule has 102 valence electrons. The van der Waals surface area contributed by atoms with Gasteiger partial charge in [-0.25, -0.2) is 9.37 Å². The van der Waals surface area contributed by atoms with Gasteiger partial charge >= 0.3 is 0 Å². The van der Waals surface area contributed by atoms with Gasteiger partial charge in [-0.1, -0.05) is 0 Å². The monoisotopic (exact) mass is 281 g/mol. The number of oxazole rings is 1. The van der Waals surface area contributed by atoms with Crippen LogP contribution in [0.15, 0.2) is 26.7 Å². The van der Waals surface area contributed by atoms with Crippen LogP contribution in [0.3, 0.4) is 0 Å². The zero-order valence-electron chi connectivity index (χ0n) is 11.3. The summed E-state index contributed by atoms with van der Waals surface area (Å²) in [6, 6.07) is 3.07. The molecular formula is C14H16FNO2S. The highest BCUT2D eigenvalue weighted by molar-refractivity contribution is 7.99. The quantitative estimate of drug-likeness (QED) is 0.925. The Morgan fingerprint density at radius 1 is 1.32 bits per heavy atom. The number of aliphatic hydroxyl groups is 1. The maximum atomic E-state index is 13.6. The predicted molar refractivity (Wildman–Crippen MR) is 71.9 cm³/mol. The fraction of sp³-hybridized carbons (Fsp3) is 0.357. The summed E-state index contributed by atoms with van der Waals surface area (Å²) >= 11 is 1.30. The van der Waals surface area contributed by atoms with Gasteiger partial charge in [0.25, 0.3) is 5.22 Å². The lowest BCUT2D eigenvalue weighted by Crippen LogP contribution is -1.97. The Hall–Kier alpha value is -1.33. The standard InChI is InChI=1S/C14H16FNO2S/c1-7-5-13(11(9(3)17)6-12(7)15)19-14-16-8(2)10(4)18-14/h5-6,9,17H,1-4H3/t9-/m1/s1. The van der Waals surface area contributed by atoms with E-state index in [1.165, 1.54) is 17.8 Å².